The Kier molecular flexibility index (Phi) is 9.07. The molecule has 1 nitrogen and oxygen atoms in total. The van der Waals surface area contributed by atoms with E-state index < -0.39 is 0 Å². The maximum absolute atomic E-state index is 5.30. The van der Waals surface area contributed by atoms with Crippen molar-refractivity contribution in [3.05, 3.63) is 106 Å². The zero-order valence-electron chi connectivity index (χ0n) is 25.0. The van der Waals surface area contributed by atoms with Crippen LogP contribution in [0.4, 0.5) is 0 Å². The third-order valence-corrected chi connectivity index (χ3v) is 9.15. The van der Waals surface area contributed by atoms with Crippen molar-refractivity contribution in [3.8, 4) is 23.0 Å². The van der Waals surface area contributed by atoms with E-state index in [0.29, 0.717) is 0 Å². The fraction of sp³-hybridized carbons (Fsp3) is 0.421. The quantitative estimate of drug-likeness (QED) is 0.213. The Morgan fingerprint density at radius 1 is 0.897 bits per heavy atom. The summed E-state index contributed by atoms with van der Waals surface area (Å²) in [5.74, 6) is 8.01. The summed E-state index contributed by atoms with van der Waals surface area (Å²) in [6.07, 6.45) is 9.28. The van der Waals surface area contributed by atoms with Crippen molar-refractivity contribution in [2.75, 3.05) is 7.11 Å². The van der Waals surface area contributed by atoms with Crippen LogP contribution in [0.5, 0.6) is 0 Å². The molecule has 4 rings (SSSR count). The van der Waals surface area contributed by atoms with E-state index in [0.717, 1.165) is 25.0 Å². The van der Waals surface area contributed by atoms with E-state index in [2.05, 4.69) is 114 Å². The second kappa shape index (κ2) is 12.3. The fourth-order valence-corrected chi connectivity index (χ4v) is 6.44. The molecule has 0 atom stereocenters. The SMILES string of the molecule is C=C(Cc1cccc(-c2ccc(C(CC)(CC)c3ccc(C#CC4(C)CCCCC4)c(C)c3)cc2C)c1)OC. The Morgan fingerprint density at radius 3 is 2.18 bits per heavy atom. The highest BCUT2D eigenvalue weighted by Crippen LogP contribution is 2.41. The third-order valence-electron chi connectivity index (χ3n) is 9.15. The van der Waals surface area contributed by atoms with Gasteiger partial charge in [-0.25, -0.2) is 0 Å². The van der Waals surface area contributed by atoms with Crippen molar-refractivity contribution in [3.63, 3.8) is 0 Å². The minimum absolute atomic E-state index is 0.0204. The Labute approximate surface area is 237 Å². The minimum Gasteiger partial charge on any atom is -0.501 e. The van der Waals surface area contributed by atoms with Gasteiger partial charge in [-0.15, -0.1) is 0 Å². The molecule has 0 N–H and O–H groups in total. The van der Waals surface area contributed by atoms with E-state index in [4.69, 9.17) is 4.74 Å². The highest BCUT2D eigenvalue weighted by Gasteiger charge is 2.31. The number of aryl methyl sites for hydroxylation is 2. The molecule has 0 aromatic heterocycles. The number of methoxy groups -OCH3 is 1. The van der Waals surface area contributed by atoms with E-state index in [1.54, 1.807) is 7.11 Å². The molecule has 1 heteroatoms. The summed E-state index contributed by atoms with van der Waals surface area (Å²) in [5, 5.41) is 0. The molecule has 1 aliphatic rings. The molecule has 0 unspecified atom stereocenters. The van der Waals surface area contributed by atoms with Gasteiger partial charge in [0.25, 0.3) is 0 Å². The molecule has 0 radical (unpaired) electrons. The lowest BCUT2D eigenvalue weighted by Crippen LogP contribution is -2.26. The largest absolute Gasteiger partial charge is 0.501 e. The Bertz CT molecular complexity index is 1370. The van der Waals surface area contributed by atoms with Crippen molar-refractivity contribution in [1.29, 1.82) is 0 Å². The highest BCUT2D eigenvalue weighted by molar-refractivity contribution is 5.69. The number of allylic oxidation sites excluding steroid dienone is 1. The van der Waals surface area contributed by atoms with Gasteiger partial charge in [0.1, 0.15) is 0 Å². The molecule has 1 aliphatic carbocycles. The average molecular weight is 519 g/mol. The van der Waals surface area contributed by atoms with Gasteiger partial charge in [-0.1, -0.05) is 106 Å². The van der Waals surface area contributed by atoms with Gasteiger partial charge in [-0.05, 0) is 91.5 Å². The molecule has 39 heavy (non-hydrogen) atoms. The van der Waals surface area contributed by atoms with Gasteiger partial charge in [-0.3, -0.25) is 0 Å². The van der Waals surface area contributed by atoms with Crippen molar-refractivity contribution < 1.29 is 4.74 Å². The predicted molar refractivity (Wildman–Crippen MR) is 167 cm³/mol. The van der Waals surface area contributed by atoms with E-state index >= 15 is 0 Å². The first kappa shape index (κ1) is 28.8. The molecule has 1 saturated carbocycles. The maximum Gasteiger partial charge on any atom is 0.0927 e. The monoisotopic (exact) mass is 518 g/mol. The molecular weight excluding hydrogens is 472 g/mol. The van der Waals surface area contributed by atoms with Crippen molar-refractivity contribution >= 4 is 0 Å². The van der Waals surface area contributed by atoms with Crippen LogP contribution in [0.2, 0.25) is 0 Å². The van der Waals surface area contributed by atoms with Crippen LogP contribution in [0, 0.1) is 31.1 Å². The first-order chi connectivity index (χ1) is 18.7. The summed E-state index contributed by atoms with van der Waals surface area (Å²) in [6.45, 7) is 15.5. The molecule has 3 aromatic carbocycles. The van der Waals surface area contributed by atoms with Gasteiger partial charge in [0.2, 0.25) is 0 Å². The summed E-state index contributed by atoms with van der Waals surface area (Å²) in [6, 6.07) is 22.8. The second-order valence-corrected chi connectivity index (χ2v) is 11.8. The molecular formula is C38H46O. The first-order valence-electron chi connectivity index (χ1n) is 14.8. The lowest BCUT2D eigenvalue weighted by atomic mass is 9.69. The number of hydrogen-bond donors (Lipinski definition) is 0. The lowest BCUT2D eigenvalue weighted by molar-refractivity contribution is 0.285. The van der Waals surface area contributed by atoms with Crippen LogP contribution in [-0.2, 0) is 16.6 Å². The molecule has 204 valence electrons. The number of hydrogen-bond acceptors (Lipinski definition) is 1. The molecule has 3 aromatic rings. The maximum atomic E-state index is 5.30. The summed E-state index contributed by atoms with van der Waals surface area (Å²) in [7, 11) is 1.68. The molecule has 0 saturated heterocycles. The van der Waals surface area contributed by atoms with Crippen molar-refractivity contribution in [2.24, 2.45) is 5.41 Å². The minimum atomic E-state index is -0.0204. The van der Waals surface area contributed by atoms with Crippen LogP contribution in [-0.4, -0.2) is 7.11 Å². The second-order valence-electron chi connectivity index (χ2n) is 11.8. The molecule has 0 aliphatic heterocycles. The highest BCUT2D eigenvalue weighted by atomic mass is 16.5. The third kappa shape index (κ3) is 6.33. The Balaban J connectivity index is 1.65. The number of ether oxygens (including phenoxy) is 1. The van der Waals surface area contributed by atoms with Gasteiger partial charge >= 0.3 is 0 Å². The van der Waals surface area contributed by atoms with E-state index in [-0.39, 0.29) is 10.8 Å². The van der Waals surface area contributed by atoms with Gasteiger partial charge < -0.3 is 4.74 Å². The summed E-state index contributed by atoms with van der Waals surface area (Å²) in [5.41, 5.74) is 10.5. The molecule has 0 spiro atoms. The normalized spacial score (nSPS) is 14.8. The Hall–Kier alpha value is -3.24. The zero-order valence-corrected chi connectivity index (χ0v) is 25.0. The van der Waals surface area contributed by atoms with Gasteiger partial charge in [0.15, 0.2) is 0 Å². The van der Waals surface area contributed by atoms with Gasteiger partial charge in [0, 0.05) is 22.8 Å². The van der Waals surface area contributed by atoms with Crippen LogP contribution < -0.4 is 0 Å². The van der Waals surface area contributed by atoms with Crippen LogP contribution in [0.15, 0.2) is 73.0 Å². The van der Waals surface area contributed by atoms with E-state index in [9.17, 15) is 0 Å². The molecule has 0 bridgehead atoms. The van der Waals surface area contributed by atoms with Crippen LogP contribution in [0.3, 0.4) is 0 Å². The average Bonchev–Trinajstić information content (AvgIpc) is 2.94. The fourth-order valence-electron chi connectivity index (χ4n) is 6.44. The molecule has 0 amide bonds. The van der Waals surface area contributed by atoms with E-state index in [1.807, 2.05) is 0 Å². The lowest BCUT2D eigenvalue weighted by Gasteiger charge is -2.34. The smallest absolute Gasteiger partial charge is 0.0927 e. The number of rotatable bonds is 8. The number of benzene rings is 3. The van der Waals surface area contributed by atoms with Gasteiger partial charge in [-0.2, -0.15) is 0 Å². The van der Waals surface area contributed by atoms with E-state index in [1.165, 1.54) is 76.6 Å². The molecule has 1 fully saturated rings. The topological polar surface area (TPSA) is 9.23 Å². The van der Waals surface area contributed by atoms with Crippen molar-refractivity contribution in [2.45, 2.75) is 91.4 Å². The first-order valence-corrected chi connectivity index (χ1v) is 14.8. The van der Waals surface area contributed by atoms with Crippen LogP contribution in [0.25, 0.3) is 11.1 Å². The van der Waals surface area contributed by atoms with Crippen molar-refractivity contribution in [1.82, 2.24) is 0 Å². The predicted octanol–water partition coefficient (Wildman–Crippen LogP) is 10.1. The summed E-state index contributed by atoms with van der Waals surface area (Å²) < 4.78 is 5.30. The van der Waals surface area contributed by atoms with Crippen LogP contribution >= 0.6 is 0 Å². The molecule has 0 heterocycles. The summed E-state index contributed by atoms with van der Waals surface area (Å²) in [4.78, 5) is 0. The Morgan fingerprint density at radius 2 is 1.56 bits per heavy atom. The van der Waals surface area contributed by atoms with Gasteiger partial charge in [0.05, 0.1) is 12.9 Å². The summed E-state index contributed by atoms with van der Waals surface area (Å²) >= 11 is 0. The van der Waals surface area contributed by atoms with Crippen LogP contribution in [0.1, 0.15) is 99.1 Å². The zero-order chi connectivity index (χ0) is 28.0. The standard InChI is InChI=1S/C38H46O/c1-8-38(9-2,34-17-16-32(28(3)24-34)20-23-37(6)21-11-10-12-22-37)35-18-19-36(29(4)25-35)33-15-13-14-31(27-33)26-30(5)39-7/h13-19,24-25,27H,5,8-12,21-22,26H2,1-4,6-7H3.